The van der Waals surface area contributed by atoms with Crippen LogP contribution in [0.3, 0.4) is 0 Å². The van der Waals surface area contributed by atoms with Gasteiger partial charge in [0.2, 0.25) is 5.95 Å². The van der Waals surface area contributed by atoms with Gasteiger partial charge >= 0.3 is 0 Å². The van der Waals surface area contributed by atoms with Crippen LogP contribution in [-0.4, -0.2) is 25.7 Å². The fourth-order valence-electron chi connectivity index (χ4n) is 3.95. The molecule has 0 radical (unpaired) electrons. The van der Waals surface area contributed by atoms with Crippen LogP contribution in [-0.2, 0) is 26.4 Å². The molecule has 0 bridgehead atoms. The smallest absolute Gasteiger partial charge is 0.261 e. The third-order valence-electron chi connectivity index (χ3n) is 5.66. The van der Waals surface area contributed by atoms with Crippen molar-refractivity contribution in [1.82, 2.24) is 25.1 Å². The van der Waals surface area contributed by atoms with E-state index in [4.69, 9.17) is 0 Å². The average Bonchev–Trinajstić information content (AvgIpc) is 3.49. The zero-order valence-corrected chi connectivity index (χ0v) is 18.9. The summed E-state index contributed by atoms with van der Waals surface area (Å²) in [5.41, 5.74) is 6.22. The number of aromatic nitrogens is 4. The second-order valence-electron chi connectivity index (χ2n) is 8.03. The molecule has 0 unspecified atom stereocenters. The molecular formula is C24H28N6OS. The van der Waals surface area contributed by atoms with Crippen LogP contribution < -0.4 is 10.6 Å². The van der Waals surface area contributed by atoms with Gasteiger partial charge in [0.05, 0.1) is 22.5 Å². The van der Waals surface area contributed by atoms with Crippen molar-refractivity contribution in [3.05, 3.63) is 75.4 Å². The lowest BCUT2D eigenvalue weighted by molar-refractivity contribution is 0.0955. The van der Waals surface area contributed by atoms with Crippen LogP contribution >= 0.6 is 11.3 Å². The molecule has 0 fully saturated rings. The van der Waals surface area contributed by atoms with Crippen LogP contribution in [0.1, 0.15) is 40.5 Å². The minimum atomic E-state index is 0. The Kier molecular flexibility index (Phi) is 5.45. The number of fused-ring (bicyclic) bond motifs is 1. The Morgan fingerprint density at radius 3 is 2.94 bits per heavy atom. The van der Waals surface area contributed by atoms with E-state index in [1.54, 1.807) is 28.4 Å². The first kappa shape index (κ1) is 20.4. The number of carbonyl (C=O) groups is 1. The maximum absolute atomic E-state index is 12.6. The van der Waals surface area contributed by atoms with Gasteiger partial charge in [0.1, 0.15) is 0 Å². The second kappa shape index (κ2) is 8.55. The summed E-state index contributed by atoms with van der Waals surface area (Å²) in [4.78, 5) is 23.7. The summed E-state index contributed by atoms with van der Waals surface area (Å²) in [7, 11) is 1.86. The number of hydrogen-bond acceptors (Lipinski definition) is 6. The van der Waals surface area contributed by atoms with E-state index < -0.39 is 0 Å². The number of nitrogens with zero attached hydrogens (tertiary/aromatic N) is 4. The number of rotatable bonds is 6. The molecule has 1 amide bonds. The molecule has 7 nitrogen and oxygen atoms in total. The van der Waals surface area contributed by atoms with Gasteiger partial charge in [0.15, 0.2) is 0 Å². The van der Waals surface area contributed by atoms with E-state index in [0.29, 0.717) is 12.5 Å². The summed E-state index contributed by atoms with van der Waals surface area (Å²) < 4.78 is 1.72. The van der Waals surface area contributed by atoms with Crippen molar-refractivity contribution in [1.29, 1.82) is 0 Å². The molecule has 5 rings (SSSR count). The van der Waals surface area contributed by atoms with Gasteiger partial charge in [-0.05, 0) is 61.1 Å². The summed E-state index contributed by atoms with van der Waals surface area (Å²) in [5.74, 6) is 0.530. The standard InChI is InChI=1S/C24H24N6OS.2H2/c1-15-10-16(20-8-9-25-24(29-20)28-19-13-27-30(2)14-19)6-7-18(15)12-26-23(31)22-11-17-4-3-5-21(17)32-22;;/h6-11,13-14H,3-5,12H2,1-2H3,(H,26,31)(H,25,28,29);2*1H. The van der Waals surface area contributed by atoms with E-state index in [2.05, 4.69) is 50.8 Å². The molecule has 166 valence electrons. The van der Waals surface area contributed by atoms with E-state index in [0.717, 1.165) is 45.8 Å². The Hall–Kier alpha value is -3.52. The predicted octanol–water partition coefficient (Wildman–Crippen LogP) is 4.90. The molecule has 1 aromatic carbocycles. The van der Waals surface area contributed by atoms with Gasteiger partial charge in [-0.15, -0.1) is 11.3 Å². The van der Waals surface area contributed by atoms with Gasteiger partial charge in [-0.2, -0.15) is 5.10 Å². The van der Waals surface area contributed by atoms with Gasteiger partial charge in [0.25, 0.3) is 5.91 Å². The lowest BCUT2D eigenvalue weighted by Gasteiger charge is -2.10. The number of amides is 1. The summed E-state index contributed by atoms with van der Waals surface area (Å²) in [6, 6.07) is 10.1. The Balaban J connectivity index is 0.00000162. The van der Waals surface area contributed by atoms with Crippen molar-refractivity contribution in [2.75, 3.05) is 5.32 Å². The fraction of sp³-hybridized carbons (Fsp3) is 0.250. The molecule has 1 aliphatic carbocycles. The lowest BCUT2D eigenvalue weighted by atomic mass is 10.0. The molecular weight excluding hydrogens is 420 g/mol. The van der Waals surface area contributed by atoms with Crippen LogP contribution in [0.25, 0.3) is 11.3 Å². The number of nitrogens with one attached hydrogen (secondary N) is 2. The molecule has 0 spiro atoms. The predicted molar refractivity (Wildman–Crippen MR) is 130 cm³/mol. The highest BCUT2D eigenvalue weighted by Crippen LogP contribution is 2.30. The first-order chi connectivity index (χ1) is 15.5. The number of thiophene rings is 1. The maximum Gasteiger partial charge on any atom is 0.261 e. The first-order valence-electron chi connectivity index (χ1n) is 10.6. The highest BCUT2D eigenvalue weighted by molar-refractivity contribution is 7.14. The average molecular weight is 449 g/mol. The third kappa shape index (κ3) is 4.27. The second-order valence-corrected chi connectivity index (χ2v) is 9.17. The van der Waals surface area contributed by atoms with Crippen LogP contribution in [0.5, 0.6) is 0 Å². The maximum atomic E-state index is 12.6. The quantitative estimate of drug-likeness (QED) is 0.438. The van der Waals surface area contributed by atoms with E-state index in [1.807, 2.05) is 25.4 Å². The molecule has 3 heterocycles. The number of hydrogen-bond donors (Lipinski definition) is 2. The number of aryl methyl sites for hydroxylation is 4. The normalized spacial score (nSPS) is 12.6. The Bertz CT molecular complexity index is 1280. The van der Waals surface area contributed by atoms with Crippen LogP contribution in [0.4, 0.5) is 11.6 Å². The molecule has 2 N–H and O–H groups in total. The summed E-state index contributed by atoms with van der Waals surface area (Å²) in [5, 5.41) is 10.4. The van der Waals surface area contributed by atoms with Gasteiger partial charge in [0, 0.05) is 39.3 Å². The fourth-order valence-corrected chi connectivity index (χ4v) is 5.12. The Morgan fingerprint density at radius 1 is 1.25 bits per heavy atom. The highest BCUT2D eigenvalue weighted by Gasteiger charge is 2.18. The lowest BCUT2D eigenvalue weighted by Crippen LogP contribution is -2.22. The molecule has 0 saturated carbocycles. The van der Waals surface area contributed by atoms with Crippen LogP contribution in [0.2, 0.25) is 0 Å². The zero-order valence-electron chi connectivity index (χ0n) is 18.1. The Morgan fingerprint density at radius 2 is 2.16 bits per heavy atom. The molecule has 4 aromatic rings. The van der Waals surface area contributed by atoms with Crippen LogP contribution in [0, 0.1) is 6.92 Å². The van der Waals surface area contributed by atoms with Gasteiger partial charge < -0.3 is 10.6 Å². The van der Waals surface area contributed by atoms with E-state index in [1.165, 1.54) is 16.9 Å². The summed E-state index contributed by atoms with van der Waals surface area (Å²) >= 11 is 1.63. The topological polar surface area (TPSA) is 84.7 Å². The number of anilines is 2. The van der Waals surface area contributed by atoms with Crippen molar-refractivity contribution >= 4 is 28.9 Å². The molecule has 3 aromatic heterocycles. The monoisotopic (exact) mass is 448 g/mol. The number of benzene rings is 1. The van der Waals surface area contributed by atoms with Crippen molar-refractivity contribution in [3.63, 3.8) is 0 Å². The first-order valence-corrected chi connectivity index (χ1v) is 11.5. The molecule has 8 heteroatoms. The highest BCUT2D eigenvalue weighted by atomic mass is 32.1. The van der Waals surface area contributed by atoms with Crippen molar-refractivity contribution in [3.8, 4) is 11.3 Å². The van der Waals surface area contributed by atoms with Gasteiger partial charge in [-0.25, -0.2) is 9.97 Å². The van der Waals surface area contributed by atoms with E-state index in [-0.39, 0.29) is 8.76 Å². The molecule has 0 saturated heterocycles. The molecule has 0 atom stereocenters. The molecule has 1 aliphatic rings. The van der Waals surface area contributed by atoms with Crippen molar-refractivity contribution < 1.29 is 7.65 Å². The van der Waals surface area contributed by atoms with Crippen molar-refractivity contribution in [2.45, 2.75) is 32.7 Å². The SMILES string of the molecule is Cc1cc(-c2ccnc(Nc3cnn(C)c3)n2)ccc1CNC(=O)c1cc2c(s1)CCC2.[HH].[HH]. The minimum Gasteiger partial charge on any atom is -0.347 e. The van der Waals surface area contributed by atoms with Gasteiger partial charge in [-0.3, -0.25) is 9.48 Å². The molecule has 32 heavy (non-hydrogen) atoms. The zero-order chi connectivity index (χ0) is 22.1. The van der Waals surface area contributed by atoms with E-state index in [9.17, 15) is 4.79 Å². The number of carbonyl (C=O) groups excluding carboxylic acids is 1. The minimum absolute atomic E-state index is 0. The van der Waals surface area contributed by atoms with Gasteiger partial charge in [-0.1, -0.05) is 12.1 Å². The summed E-state index contributed by atoms with van der Waals surface area (Å²) in [6.07, 6.45) is 8.75. The summed E-state index contributed by atoms with van der Waals surface area (Å²) in [6.45, 7) is 2.56. The largest absolute Gasteiger partial charge is 0.347 e. The van der Waals surface area contributed by atoms with E-state index >= 15 is 0 Å². The third-order valence-corrected chi connectivity index (χ3v) is 6.90. The Labute approximate surface area is 193 Å². The van der Waals surface area contributed by atoms with Crippen LogP contribution in [0.15, 0.2) is 48.9 Å². The molecule has 0 aliphatic heterocycles. The van der Waals surface area contributed by atoms with Crippen molar-refractivity contribution in [2.24, 2.45) is 7.05 Å².